The van der Waals surface area contributed by atoms with Crippen molar-refractivity contribution in [3.05, 3.63) is 46.3 Å². The predicted octanol–water partition coefficient (Wildman–Crippen LogP) is 2.17. The van der Waals surface area contributed by atoms with Gasteiger partial charge in [0, 0.05) is 24.3 Å². The molecule has 3 rings (SSSR count). The van der Waals surface area contributed by atoms with Crippen LogP contribution in [-0.2, 0) is 4.74 Å². The molecule has 0 unspecified atom stereocenters. The molecule has 25 heavy (non-hydrogen) atoms. The summed E-state index contributed by atoms with van der Waals surface area (Å²) in [5, 5.41) is 14.5. The number of Topliss-reactive ketones (excluding diaryl/α,β-unsaturated/α-hetero) is 1. The van der Waals surface area contributed by atoms with Gasteiger partial charge in [0.15, 0.2) is 5.78 Å². The highest BCUT2D eigenvalue weighted by molar-refractivity contribution is 5.95. The molecule has 1 aliphatic heterocycles. The van der Waals surface area contributed by atoms with Gasteiger partial charge >= 0.3 is 5.69 Å². The lowest BCUT2D eigenvalue weighted by atomic mass is 10.1. The van der Waals surface area contributed by atoms with Crippen LogP contribution in [0.2, 0.25) is 0 Å². The number of ether oxygens (including phenoxy) is 1. The zero-order valence-electron chi connectivity index (χ0n) is 13.6. The Kier molecular flexibility index (Phi) is 4.85. The number of carbonyl (C=O) groups excluding carboxylic acids is 1. The van der Waals surface area contributed by atoms with Gasteiger partial charge in [-0.25, -0.2) is 9.97 Å². The van der Waals surface area contributed by atoms with E-state index in [1.54, 1.807) is 29.2 Å². The van der Waals surface area contributed by atoms with Crippen LogP contribution >= 0.6 is 0 Å². The lowest BCUT2D eigenvalue weighted by Crippen LogP contribution is -2.37. The number of hydrogen-bond donors (Lipinski definition) is 1. The van der Waals surface area contributed by atoms with Gasteiger partial charge in [-0.15, -0.1) is 0 Å². The second kappa shape index (κ2) is 7.22. The third kappa shape index (κ3) is 3.72. The summed E-state index contributed by atoms with van der Waals surface area (Å²) in [5.41, 5.74) is 0.857. The van der Waals surface area contributed by atoms with Gasteiger partial charge in [0.05, 0.1) is 18.1 Å². The summed E-state index contributed by atoms with van der Waals surface area (Å²) in [6.45, 7) is 3.49. The Balaban J connectivity index is 1.97. The normalized spacial score (nSPS) is 14.2. The van der Waals surface area contributed by atoms with E-state index in [-0.39, 0.29) is 23.1 Å². The topological polar surface area (TPSA) is 110 Å². The van der Waals surface area contributed by atoms with Gasteiger partial charge in [-0.1, -0.05) is 12.1 Å². The minimum atomic E-state index is -0.498. The van der Waals surface area contributed by atoms with Crippen LogP contribution in [0.25, 0.3) is 0 Å². The molecule has 0 spiro atoms. The molecular formula is C16H17N5O4. The Morgan fingerprint density at radius 1 is 1.32 bits per heavy atom. The Morgan fingerprint density at radius 2 is 2.08 bits per heavy atom. The van der Waals surface area contributed by atoms with Crippen LogP contribution in [0.15, 0.2) is 30.6 Å². The molecule has 0 aliphatic carbocycles. The Bertz CT molecular complexity index is 805. The molecule has 1 saturated heterocycles. The third-order valence-corrected chi connectivity index (χ3v) is 3.83. The van der Waals surface area contributed by atoms with Crippen LogP contribution in [0.4, 0.5) is 23.0 Å². The van der Waals surface area contributed by atoms with E-state index < -0.39 is 4.92 Å². The van der Waals surface area contributed by atoms with Crippen LogP contribution in [0, 0.1) is 10.1 Å². The van der Waals surface area contributed by atoms with Gasteiger partial charge in [0.1, 0.15) is 6.33 Å². The van der Waals surface area contributed by atoms with Gasteiger partial charge < -0.3 is 15.0 Å². The van der Waals surface area contributed by atoms with Crippen LogP contribution in [-0.4, -0.2) is 47.0 Å². The first-order valence-electron chi connectivity index (χ1n) is 7.76. The first kappa shape index (κ1) is 16.8. The molecule has 9 nitrogen and oxygen atoms in total. The Labute approximate surface area is 143 Å². The Morgan fingerprint density at radius 3 is 2.76 bits per heavy atom. The van der Waals surface area contributed by atoms with Crippen molar-refractivity contribution >= 4 is 28.8 Å². The highest BCUT2D eigenvalue weighted by Crippen LogP contribution is 2.33. The van der Waals surface area contributed by atoms with E-state index in [9.17, 15) is 14.9 Å². The van der Waals surface area contributed by atoms with Crippen LogP contribution in [0.3, 0.4) is 0 Å². The van der Waals surface area contributed by atoms with Crippen molar-refractivity contribution in [2.75, 3.05) is 36.5 Å². The number of hydrogen-bond acceptors (Lipinski definition) is 8. The fraction of sp³-hybridized carbons (Fsp3) is 0.312. The zero-order valence-corrected chi connectivity index (χ0v) is 13.6. The van der Waals surface area contributed by atoms with E-state index in [1.807, 2.05) is 0 Å². The maximum atomic E-state index is 11.6. The number of nitrogens with zero attached hydrogens (tertiary/aromatic N) is 4. The van der Waals surface area contributed by atoms with Crippen molar-refractivity contribution in [3.8, 4) is 0 Å². The van der Waals surface area contributed by atoms with E-state index in [0.29, 0.717) is 37.6 Å². The van der Waals surface area contributed by atoms with Crippen molar-refractivity contribution < 1.29 is 14.5 Å². The molecule has 0 saturated carbocycles. The monoisotopic (exact) mass is 343 g/mol. The molecule has 0 atom stereocenters. The Hall–Kier alpha value is -3.07. The van der Waals surface area contributed by atoms with Gasteiger partial charge in [0.2, 0.25) is 11.6 Å². The molecule has 0 bridgehead atoms. The number of ketones is 1. The van der Waals surface area contributed by atoms with E-state index >= 15 is 0 Å². The van der Waals surface area contributed by atoms with Crippen LogP contribution < -0.4 is 10.2 Å². The standard InChI is InChI=1S/C16H17N5O4/c1-11(22)12-3-2-4-13(9-12)19-15-14(21(23)24)16(18-10-17-15)20-5-7-25-8-6-20/h2-4,9-10H,5-8H2,1H3,(H,17,18,19). The molecule has 2 heterocycles. The summed E-state index contributed by atoms with van der Waals surface area (Å²) in [6.07, 6.45) is 1.29. The summed E-state index contributed by atoms with van der Waals surface area (Å²) in [4.78, 5) is 32.6. The molecular weight excluding hydrogens is 326 g/mol. The molecule has 1 N–H and O–H groups in total. The van der Waals surface area contributed by atoms with Crippen molar-refractivity contribution in [1.82, 2.24) is 9.97 Å². The lowest BCUT2D eigenvalue weighted by Gasteiger charge is -2.27. The number of nitro groups is 1. The van der Waals surface area contributed by atoms with E-state index in [2.05, 4.69) is 15.3 Å². The second-order valence-corrected chi connectivity index (χ2v) is 5.51. The number of carbonyl (C=O) groups is 1. The molecule has 1 fully saturated rings. The summed E-state index contributed by atoms with van der Waals surface area (Å²) >= 11 is 0. The largest absolute Gasteiger partial charge is 0.378 e. The zero-order chi connectivity index (χ0) is 17.8. The quantitative estimate of drug-likeness (QED) is 0.499. The highest BCUT2D eigenvalue weighted by Gasteiger charge is 2.28. The van der Waals surface area contributed by atoms with Gasteiger partial charge in [0.25, 0.3) is 0 Å². The van der Waals surface area contributed by atoms with Crippen molar-refractivity contribution in [2.24, 2.45) is 0 Å². The average molecular weight is 343 g/mol. The summed E-state index contributed by atoms with van der Waals surface area (Å²) in [6, 6.07) is 6.73. The molecule has 9 heteroatoms. The number of aromatic nitrogens is 2. The van der Waals surface area contributed by atoms with Crippen LogP contribution in [0.1, 0.15) is 17.3 Å². The van der Waals surface area contributed by atoms with Gasteiger partial charge in [-0.05, 0) is 19.1 Å². The highest BCUT2D eigenvalue weighted by atomic mass is 16.6. The van der Waals surface area contributed by atoms with E-state index in [1.165, 1.54) is 13.3 Å². The molecule has 2 aromatic rings. The molecule has 0 amide bonds. The first-order valence-corrected chi connectivity index (χ1v) is 7.76. The summed E-state index contributed by atoms with van der Waals surface area (Å²) < 4.78 is 5.28. The fourth-order valence-corrected chi connectivity index (χ4v) is 2.59. The number of morpholine rings is 1. The van der Waals surface area contributed by atoms with Gasteiger partial charge in [-0.3, -0.25) is 14.9 Å². The minimum Gasteiger partial charge on any atom is -0.378 e. The van der Waals surface area contributed by atoms with Gasteiger partial charge in [-0.2, -0.15) is 0 Å². The number of nitrogens with one attached hydrogen (secondary N) is 1. The second-order valence-electron chi connectivity index (χ2n) is 5.51. The fourth-order valence-electron chi connectivity index (χ4n) is 2.59. The van der Waals surface area contributed by atoms with Crippen LogP contribution in [0.5, 0.6) is 0 Å². The number of rotatable bonds is 5. The first-order chi connectivity index (χ1) is 12.1. The van der Waals surface area contributed by atoms with Crippen molar-refractivity contribution in [3.63, 3.8) is 0 Å². The number of anilines is 3. The maximum Gasteiger partial charge on any atom is 0.353 e. The minimum absolute atomic E-state index is 0.0854. The molecule has 0 radical (unpaired) electrons. The third-order valence-electron chi connectivity index (χ3n) is 3.83. The molecule has 130 valence electrons. The number of benzene rings is 1. The predicted molar refractivity (Wildman–Crippen MR) is 91.4 cm³/mol. The smallest absolute Gasteiger partial charge is 0.353 e. The maximum absolute atomic E-state index is 11.6. The average Bonchev–Trinajstić information content (AvgIpc) is 2.62. The van der Waals surface area contributed by atoms with E-state index in [4.69, 9.17) is 4.74 Å². The molecule has 1 aromatic carbocycles. The molecule has 1 aromatic heterocycles. The summed E-state index contributed by atoms with van der Waals surface area (Å²) in [7, 11) is 0. The molecule has 1 aliphatic rings. The summed E-state index contributed by atoms with van der Waals surface area (Å²) in [5.74, 6) is 0.255. The lowest BCUT2D eigenvalue weighted by molar-refractivity contribution is -0.383. The van der Waals surface area contributed by atoms with E-state index in [0.717, 1.165) is 0 Å². The van der Waals surface area contributed by atoms with Crippen molar-refractivity contribution in [1.29, 1.82) is 0 Å². The SMILES string of the molecule is CC(=O)c1cccc(Nc2ncnc(N3CCOCC3)c2[N+](=O)[O-])c1. The van der Waals surface area contributed by atoms with Crippen molar-refractivity contribution in [2.45, 2.75) is 6.92 Å².